The van der Waals surface area contributed by atoms with Crippen LogP contribution in [0.1, 0.15) is 20.3 Å². The lowest BCUT2D eigenvalue weighted by Gasteiger charge is -2.45. The van der Waals surface area contributed by atoms with Gasteiger partial charge in [0.05, 0.1) is 6.54 Å². The van der Waals surface area contributed by atoms with Gasteiger partial charge in [0, 0.05) is 36.8 Å². The summed E-state index contributed by atoms with van der Waals surface area (Å²) in [6.45, 7) is 7.70. The van der Waals surface area contributed by atoms with E-state index in [2.05, 4.69) is 29.6 Å². The Morgan fingerprint density at radius 1 is 1.33 bits per heavy atom. The third-order valence-corrected chi connectivity index (χ3v) is 3.85. The molecule has 0 bridgehead atoms. The number of hydrogen-bond acceptors (Lipinski definition) is 2. The molecule has 2 fully saturated rings. The molecule has 0 aromatic carbocycles. The van der Waals surface area contributed by atoms with Gasteiger partial charge in [-0.25, -0.2) is 0 Å². The summed E-state index contributed by atoms with van der Waals surface area (Å²) in [5, 5.41) is 0. The zero-order valence-electron chi connectivity index (χ0n) is 9.53. The van der Waals surface area contributed by atoms with Crippen LogP contribution in [0.4, 0.5) is 0 Å². The monoisotopic (exact) mass is 202 g/mol. The van der Waals surface area contributed by atoms with E-state index in [1.165, 1.54) is 6.42 Å². The topological polar surface area (TPSA) is 6.48 Å². The first-order valence-electron chi connectivity index (χ1n) is 5.89. The first-order valence-corrected chi connectivity index (χ1v) is 5.89. The minimum Gasteiger partial charge on any atom is -0.366 e. The van der Waals surface area contributed by atoms with E-state index in [0.29, 0.717) is 12.1 Å². The maximum Gasteiger partial charge on any atom is 0.0600 e. The third-order valence-electron chi connectivity index (χ3n) is 3.85. The Balaban J connectivity index is 1.69. The van der Waals surface area contributed by atoms with Crippen LogP contribution in [0.3, 0.4) is 0 Å². The summed E-state index contributed by atoms with van der Waals surface area (Å²) in [7, 11) is 0. The van der Waals surface area contributed by atoms with Crippen LogP contribution in [0.5, 0.6) is 0 Å². The van der Waals surface area contributed by atoms with Crippen molar-refractivity contribution in [2.75, 3.05) is 19.6 Å². The van der Waals surface area contributed by atoms with Gasteiger partial charge >= 0.3 is 0 Å². The van der Waals surface area contributed by atoms with Crippen LogP contribution in [0, 0.1) is 18.3 Å². The molecule has 1 saturated heterocycles. The quantitative estimate of drug-likeness (QED) is 0.623. The normalized spacial score (nSPS) is 38.7. The second kappa shape index (κ2) is 3.02. The summed E-state index contributed by atoms with van der Waals surface area (Å²) in [6, 6.07) is 1.27. The molecule has 2 heteroatoms. The molecule has 80 valence electrons. The number of nitrogens with zero attached hydrogens (tertiary/aromatic N) is 2. The smallest absolute Gasteiger partial charge is 0.0600 e. The molecule has 3 rings (SSSR count). The van der Waals surface area contributed by atoms with E-state index in [9.17, 15) is 0 Å². The predicted molar refractivity (Wildman–Crippen MR) is 61.2 cm³/mol. The SMILES string of the molecule is C#CCN1CC(C)N(C2=C3CC32)C(C)C1. The molecule has 0 radical (unpaired) electrons. The summed E-state index contributed by atoms with van der Waals surface area (Å²) < 4.78 is 0. The molecule has 3 aliphatic rings. The number of fused-ring (bicyclic) bond motifs is 1. The lowest BCUT2D eigenvalue weighted by atomic mass is 10.1. The molecule has 1 saturated carbocycles. The van der Waals surface area contributed by atoms with Gasteiger partial charge in [-0.05, 0) is 25.8 Å². The molecule has 0 spiro atoms. The highest BCUT2D eigenvalue weighted by Crippen LogP contribution is 2.63. The Labute approximate surface area is 91.9 Å². The number of piperazine rings is 1. The fourth-order valence-corrected chi connectivity index (χ4v) is 3.05. The van der Waals surface area contributed by atoms with E-state index in [1.807, 2.05) is 0 Å². The van der Waals surface area contributed by atoms with Gasteiger partial charge in [0.15, 0.2) is 0 Å². The van der Waals surface area contributed by atoms with Gasteiger partial charge in [-0.1, -0.05) is 5.92 Å². The highest BCUT2D eigenvalue weighted by Gasteiger charge is 2.55. The molecule has 1 aliphatic heterocycles. The van der Waals surface area contributed by atoms with Gasteiger partial charge in [0.1, 0.15) is 0 Å². The molecular formula is C13H18N2. The van der Waals surface area contributed by atoms with E-state index in [4.69, 9.17) is 6.42 Å². The fraction of sp³-hybridized carbons (Fsp3) is 0.692. The van der Waals surface area contributed by atoms with Gasteiger partial charge < -0.3 is 4.90 Å². The molecule has 0 N–H and O–H groups in total. The van der Waals surface area contributed by atoms with E-state index in [-0.39, 0.29) is 0 Å². The second-order valence-electron chi connectivity index (χ2n) is 5.17. The largest absolute Gasteiger partial charge is 0.366 e. The lowest BCUT2D eigenvalue weighted by molar-refractivity contribution is 0.0749. The molecule has 2 nitrogen and oxygen atoms in total. The molecule has 1 heterocycles. The second-order valence-corrected chi connectivity index (χ2v) is 5.17. The molecule has 2 aliphatic carbocycles. The highest BCUT2D eigenvalue weighted by molar-refractivity contribution is 5.55. The van der Waals surface area contributed by atoms with Crippen molar-refractivity contribution in [1.29, 1.82) is 0 Å². The zero-order valence-corrected chi connectivity index (χ0v) is 9.53. The Hall–Kier alpha value is -0.940. The van der Waals surface area contributed by atoms with Crippen molar-refractivity contribution in [3.63, 3.8) is 0 Å². The Kier molecular flexibility index (Phi) is 1.87. The van der Waals surface area contributed by atoms with Gasteiger partial charge in [0.25, 0.3) is 0 Å². The van der Waals surface area contributed by atoms with Crippen molar-refractivity contribution in [2.24, 2.45) is 5.92 Å². The Morgan fingerprint density at radius 3 is 2.33 bits per heavy atom. The maximum absolute atomic E-state index is 5.37. The number of rotatable bonds is 2. The minimum atomic E-state index is 0.636. The van der Waals surface area contributed by atoms with Gasteiger partial charge in [-0.2, -0.15) is 0 Å². The average molecular weight is 202 g/mol. The molecular weight excluding hydrogens is 184 g/mol. The molecule has 0 amide bonds. The minimum absolute atomic E-state index is 0.636. The Bertz CT molecular complexity index is 351. The molecule has 0 aromatic rings. The van der Waals surface area contributed by atoms with Crippen LogP contribution in [0.2, 0.25) is 0 Å². The van der Waals surface area contributed by atoms with Gasteiger partial charge in [-0.3, -0.25) is 4.90 Å². The average Bonchev–Trinajstić information content (AvgIpc) is 3.00. The molecule has 3 unspecified atom stereocenters. The predicted octanol–water partition coefficient (Wildman–Crippen LogP) is 1.30. The van der Waals surface area contributed by atoms with Crippen molar-refractivity contribution in [1.82, 2.24) is 9.80 Å². The van der Waals surface area contributed by atoms with E-state index >= 15 is 0 Å². The molecule has 15 heavy (non-hydrogen) atoms. The van der Waals surface area contributed by atoms with Crippen molar-refractivity contribution in [3.8, 4) is 12.3 Å². The lowest BCUT2D eigenvalue weighted by Crippen LogP contribution is -2.55. The summed E-state index contributed by atoms with van der Waals surface area (Å²) in [5.74, 6) is 3.66. The van der Waals surface area contributed by atoms with Crippen LogP contribution in [-0.4, -0.2) is 41.5 Å². The first kappa shape index (κ1) is 9.30. The standard InChI is InChI=1S/C13H18N2/c1-4-5-14-7-9(2)15(10(3)8-14)13-11-6-12(11)13/h1,9-11H,5-8H2,2-3H3. The molecule has 0 aromatic heterocycles. The van der Waals surface area contributed by atoms with Crippen molar-refractivity contribution in [2.45, 2.75) is 32.4 Å². The highest BCUT2D eigenvalue weighted by atomic mass is 15.3. The zero-order chi connectivity index (χ0) is 10.6. The summed E-state index contributed by atoms with van der Waals surface area (Å²) in [4.78, 5) is 5.03. The van der Waals surface area contributed by atoms with Gasteiger partial charge in [-0.15, -0.1) is 6.42 Å². The number of allylic oxidation sites excluding steroid dienone is 2. The summed E-state index contributed by atoms with van der Waals surface area (Å²) >= 11 is 0. The van der Waals surface area contributed by atoms with Crippen molar-refractivity contribution >= 4 is 0 Å². The van der Waals surface area contributed by atoms with Gasteiger partial charge in [0.2, 0.25) is 0 Å². The summed E-state index contributed by atoms with van der Waals surface area (Å²) in [6.07, 6.45) is 6.76. The van der Waals surface area contributed by atoms with Crippen LogP contribution in [0.25, 0.3) is 0 Å². The van der Waals surface area contributed by atoms with Crippen LogP contribution in [-0.2, 0) is 0 Å². The fourth-order valence-electron chi connectivity index (χ4n) is 3.05. The summed E-state index contributed by atoms with van der Waals surface area (Å²) in [5.41, 5.74) is 3.41. The Morgan fingerprint density at radius 2 is 1.93 bits per heavy atom. The van der Waals surface area contributed by atoms with Crippen molar-refractivity contribution < 1.29 is 0 Å². The van der Waals surface area contributed by atoms with Crippen molar-refractivity contribution in [3.05, 3.63) is 11.3 Å². The van der Waals surface area contributed by atoms with E-state index in [0.717, 1.165) is 25.6 Å². The van der Waals surface area contributed by atoms with Crippen LogP contribution >= 0.6 is 0 Å². The van der Waals surface area contributed by atoms with E-state index in [1.54, 1.807) is 11.3 Å². The van der Waals surface area contributed by atoms with Crippen LogP contribution < -0.4 is 0 Å². The molecule has 3 atom stereocenters. The number of terminal acetylenes is 1. The first-order chi connectivity index (χ1) is 7.22. The maximum atomic E-state index is 5.37. The third kappa shape index (κ3) is 1.38. The van der Waals surface area contributed by atoms with Crippen LogP contribution in [0.15, 0.2) is 11.3 Å². The number of hydrogen-bond donors (Lipinski definition) is 0. The van der Waals surface area contributed by atoms with E-state index < -0.39 is 0 Å².